The van der Waals surface area contributed by atoms with Crippen molar-refractivity contribution in [3.8, 4) is 0 Å². The van der Waals surface area contributed by atoms with Gasteiger partial charge in [0, 0.05) is 24.8 Å². The molecule has 0 saturated heterocycles. The molecule has 1 aromatic carbocycles. The molecule has 1 aliphatic heterocycles. The summed E-state index contributed by atoms with van der Waals surface area (Å²) in [5.41, 5.74) is 4.26. The Morgan fingerprint density at radius 1 is 1.21 bits per heavy atom. The average molecular weight is 258 g/mol. The van der Waals surface area contributed by atoms with E-state index in [1.54, 1.807) is 0 Å². The van der Waals surface area contributed by atoms with Crippen LogP contribution in [0.5, 0.6) is 0 Å². The fraction of sp³-hybridized carbons (Fsp3) is 0.647. The molecule has 0 bridgehead atoms. The Hall–Kier alpha value is -1.02. The van der Waals surface area contributed by atoms with Crippen LogP contribution in [0.2, 0.25) is 0 Å². The minimum Gasteiger partial charge on any atom is -0.384 e. The molecule has 2 aliphatic rings. The first-order valence-electron chi connectivity index (χ1n) is 7.90. The predicted octanol–water partition coefficient (Wildman–Crippen LogP) is 3.71. The quantitative estimate of drug-likeness (QED) is 0.808. The fourth-order valence-corrected chi connectivity index (χ4v) is 3.40. The van der Waals surface area contributed by atoms with Crippen LogP contribution in [0, 0.1) is 5.92 Å². The van der Waals surface area contributed by atoms with E-state index in [1.807, 2.05) is 0 Å². The standard InChI is InChI=1S/C17H26N2/c1-13-3-2-4-16(8-5-13)19-12-14-6-7-15-9-10-18-17(15)11-14/h6-7,11,13,16,18-19H,2-5,8-10,12H2,1H3. The van der Waals surface area contributed by atoms with E-state index in [2.05, 4.69) is 35.8 Å². The highest BCUT2D eigenvalue weighted by Crippen LogP contribution is 2.25. The molecule has 1 heterocycles. The average Bonchev–Trinajstić information content (AvgIpc) is 2.79. The third-order valence-corrected chi connectivity index (χ3v) is 4.74. The van der Waals surface area contributed by atoms with Crippen molar-refractivity contribution in [1.82, 2.24) is 5.32 Å². The van der Waals surface area contributed by atoms with Gasteiger partial charge < -0.3 is 10.6 Å². The van der Waals surface area contributed by atoms with Gasteiger partial charge in [-0.3, -0.25) is 0 Å². The third kappa shape index (κ3) is 3.30. The van der Waals surface area contributed by atoms with E-state index in [-0.39, 0.29) is 0 Å². The minimum atomic E-state index is 0.728. The number of hydrogen-bond donors (Lipinski definition) is 2. The largest absolute Gasteiger partial charge is 0.384 e. The highest BCUT2D eigenvalue weighted by molar-refractivity contribution is 5.56. The van der Waals surface area contributed by atoms with Gasteiger partial charge in [-0.2, -0.15) is 0 Å². The second kappa shape index (κ2) is 5.96. The summed E-state index contributed by atoms with van der Waals surface area (Å²) in [6.45, 7) is 4.52. The lowest BCUT2D eigenvalue weighted by molar-refractivity contribution is 0.447. The molecule has 2 atom stereocenters. The summed E-state index contributed by atoms with van der Waals surface area (Å²) in [7, 11) is 0. The Bertz CT molecular complexity index is 427. The maximum atomic E-state index is 3.76. The molecule has 1 aromatic rings. The van der Waals surface area contributed by atoms with Crippen molar-refractivity contribution in [2.45, 2.75) is 58.0 Å². The molecule has 2 heteroatoms. The van der Waals surface area contributed by atoms with Crippen LogP contribution >= 0.6 is 0 Å². The summed E-state index contributed by atoms with van der Waals surface area (Å²) >= 11 is 0. The van der Waals surface area contributed by atoms with Gasteiger partial charge in [0.2, 0.25) is 0 Å². The maximum absolute atomic E-state index is 3.76. The zero-order valence-corrected chi connectivity index (χ0v) is 12.0. The van der Waals surface area contributed by atoms with E-state index in [0.29, 0.717) is 0 Å². The summed E-state index contributed by atoms with van der Waals surface area (Å²) in [4.78, 5) is 0. The molecule has 104 valence electrons. The second-order valence-electron chi connectivity index (χ2n) is 6.36. The van der Waals surface area contributed by atoms with Gasteiger partial charge in [0.15, 0.2) is 0 Å². The van der Waals surface area contributed by atoms with Crippen LogP contribution in [0.25, 0.3) is 0 Å². The van der Waals surface area contributed by atoms with E-state index in [9.17, 15) is 0 Å². The Morgan fingerprint density at radius 3 is 3.11 bits per heavy atom. The first-order chi connectivity index (χ1) is 9.31. The number of fused-ring (bicyclic) bond motifs is 1. The molecule has 2 unspecified atom stereocenters. The zero-order chi connectivity index (χ0) is 13.1. The van der Waals surface area contributed by atoms with E-state index in [1.165, 1.54) is 55.3 Å². The SMILES string of the molecule is CC1CCCC(NCc2ccc3c(c2)NCC3)CC1. The van der Waals surface area contributed by atoms with Gasteiger partial charge in [0.1, 0.15) is 0 Å². The molecule has 0 spiro atoms. The van der Waals surface area contributed by atoms with Crippen LogP contribution in [0.4, 0.5) is 5.69 Å². The summed E-state index contributed by atoms with van der Waals surface area (Å²) in [5.74, 6) is 0.927. The van der Waals surface area contributed by atoms with Gasteiger partial charge in [-0.1, -0.05) is 31.9 Å². The van der Waals surface area contributed by atoms with Gasteiger partial charge >= 0.3 is 0 Å². The molecule has 2 N–H and O–H groups in total. The van der Waals surface area contributed by atoms with Crippen LogP contribution in [0.3, 0.4) is 0 Å². The van der Waals surface area contributed by atoms with E-state index in [0.717, 1.165) is 25.0 Å². The molecule has 1 saturated carbocycles. The topological polar surface area (TPSA) is 24.1 Å². The van der Waals surface area contributed by atoms with Gasteiger partial charge in [-0.15, -0.1) is 0 Å². The second-order valence-corrected chi connectivity index (χ2v) is 6.36. The molecule has 1 aliphatic carbocycles. The smallest absolute Gasteiger partial charge is 0.0376 e. The predicted molar refractivity (Wildman–Crippen MR) is 81.5 cm³/mol. The van der Waals surface area contributed by atoms with E-state index >= 15 is 0 Å². The van der Waals surface area contributed by atoms with Crippen molar-refractivity contribution in [2.75, 3.05) is 11.9 Å². The zero-order valence-electron chi connectivity index (χ0n) is 12.0. The Morgan fingerprint density at radius 2 is 2.16 bits per heavy atom. The third-order valence-electron chi connectivity index (χ3n) is 4.74. The fourth-order valence-electron chi connectivity index (χ4n) is 3.40. The lowest BCUT2D eigenvalue weighted by atomic mass is 10.0. The van der Waals surface area contributed by atoms with Crippen molar-refractivity contribution in [3.05, 3.63) is 29.3 Å². The molecule has 0 amide bonds. The molecule has 2 nitrogen and oxygen atoms in total. The Kier molecular flexibility index (Phi) is 4.07. The monoisotopic (exact) mass is 258 g/mol. The maximum Gasteiger partial charge on any atom is 0.0376 e. The van der Waals surface area contributed by atoms with Crippen LogP contribution < -0.4 is 10.6 Å². The van der Waals surface area contributed by atoms with Gasteiger partial charge in [0.25, 0.3) is 0 Å². The Balaban J connectivity index is 1.54. The highest BCUT2D eigenvalue weighted by atomic mass is 14.9. The van der Waals surface area contributed by atoms with Crippen LogP contribution in [0.1, 0.15) is 50.2 Å². The molecular weight excluding hydrogens is 232 g/mol. The van der Waals surface area contributed by atoms with E-state index < -0.39 is 0 Å². The lowest BCUT2D eigenvalue weighted by Crippen LogP contribution is -2.27. The van der Waals surface area contributed by atoms with Crippen molar-refractivity contribution in [1.29, 1.82) is 0 Å². The summed E-state index contributed by atoms with van der Waals surface area (Å²) in [6.07, 6.45) is 8.09. The number of nitrogens with one attached hydrogen (secondary N) is 2. The molecule has 0 radical (unpaired) electrons. The first kappa shape index (κ1) is 13.0. The van der Waals surface area contributed by atoms with Crippen molar-refractivity contribution in [3.63, 3.8) is 0 Å². The molecule has 19 heavy (non-hydrogen) atoms. The van der Waals surface area contributed by atoms with Crippen LogP contribution in [-0.2, 0) is 13.0 Å². The van der Waals surface area contributed by atoms with Crippen molar-refractivity contribution in [2.24, 2.45) is 5.92 Å². The number of anilines is 1. The van der Waals surface area contributed by atoms with E-state index in [4.69, 9.17) is 0 Å². The molecule has 0 aromatic heterocycles. The summed E-state index contributed by atoms with van der Waals surface area (Å²) in [5, 5.41) is 7.23. The van der Waals surface area contributed by atoms with Crippen molar-refractivity contribution >= 4 is 5.69 Å². The van der Waals surface area contributed by atoms with Gasteiger partial charge in [-0.05, 0) is 48.8 Å². The normalized spacial score (nSPS) is 26.6. The molecular formula is C17H26N2. The van der Waals surface area contributed by atoms with Crippen LogP contribution in [0.15, 0.2) is 18.2 Å². The summed E-state index contributed by atoms with van der Waals surface area (Å²) < 4.78 is 0. The van der Waals surface area contributed by atoms with Gasteiger partial charge in [-0.25, -0.2) is 0 Å². The van der Waals surface area contributed by atoms with Crippen LogP contribution in [-0.4, -0.2) is 12.6 Å². The number of benzene rings is 1. The molecule has 1 fully saturated rings. The summed E-state index contributed by atoms with van der Waals surface area (Å²) in [6, 6.07) is 7.64. The highest BCUT2D eigenvalue weighted by Gasteiger charge is 2.16. The minimum absolute atomic E-state index is 0.728. The van der Waals surface area contributed by atoms with Gasteiger partial charge in [0.05, 0.1) is 0 Å². The molecule has 3 rings (SSSR count). The number of rotatable bonds is 3. The van der Waals surface area contributed by atoms with Crippen molar-refractivity contribution < 1.29 is 0 Å². The number of hydrogen-bond acceptors (Lipinski definition) is 2. The first-order valence-corrected chi connectivity index (χ1v) is 7.90. The Labute approximate surface area is 117 Å². The lowest BCUT2D eigenvalue weighted by Gasteiger charge is -2.16.